The maximum Gasteiger partial charge on any atom is 0.323 e. The molecule has 9 nitrogen and oxygen atoms in total. The van der Waals surface area contributed by atoms with Gasteiger partial charge in [0.15, 0.2) is 0 Å². The van der Waals surface area contributed by atoms with Crippen molar-refractivity contribution >= 4 is 23.5 Å². The molecular weight excluding hydrogens is 318 g/mol. The summed E-state index contributed by atoms with van der Waals surface area (Å²) in [5, 5.41) is 13.7. The number of carbonyl (C=O) groups is 3. The van der Waals surface area contributed by atoms with Crippen molar-refractivity contribution in [1.29, 1.82) is 0 Å². The van der Waals surface area contributed by atoms with Gasteiger partial charge in [0, 0.05) is 25.2 Å². The second kappa shape index (κ2) is 5.68. The molecule has 1 aromatic rings. The van der Waals surface area contributed by atoms with Crippen LogP contribution in [0, 0.1) is 22.0 Å². The van der Waals surface area contributed by atoms with Gasteiger partial charge in [-0.2, -0.15) is 0 Å². The molecule has 2 aliphatic heterocycles. The van der Waals surface area contributed by atoms with E-state index in [-0.39, 0.29) is 11.6 Å². The Hall–Kier alpha value is -2.81. The molecule has 126 valence electrons. The van der Waals surface area contributed by atoms with E-state index in [9.17, 15) is 24.5 Å². The highest BCUT2D eigenvalue weighted by molar-refractivity contribution is 6.08. The van der Waals surface area contributed by atoms with Gasteiger partial charge in [0.2, 0.25) is 11.8 Å². The van der Waals surface area contributed by atoms with Gasteiger partial charge in [-0.15, -0.1) is 0 Å². The Balaban J connectivity index is 1.99. The number of ether oxygens (including phenoxy) is 1. The summed E-state index contributed by atoms with van der Waals surface area (Å²) in [6.07, 6.45) is 0. The van der Waals surface area contributed by atoms with Crippen LogP contribution in [-0.2, 0) is 19.1 Å². The molecule has 24 heavy (non-hydrogen) atoms. The molecule has 2 fully saturated rings. The Morgan fingerprint density at radius 2 is 1.79 bits per heavy atom. The number of esters is 1. The van der Waals surface area contributed by atoms with Gasteiger partial charge in [0.1, 0.15) is 6.04 Å². The van der Waals surface area contributed by atoms with E-state index < -0.39 is 40.7 Å². The first kappa shape index (κ1) is 16.1. The van der Waals surface area contributed by atoms with Crippen LogP contribution in [0.5, 0.6) is 0 Å². The van der Waals surface area contributed by atoms with Crippen LogP contribution < -0.4 is 5.32 Å². The van der Waals surface area contributed by atoms with Gasteiger partial charge < -0.3 is 4.74 Å². The molecule has 0 bridgehead atoms. The van der Waals surface area contributed by atoms with E-state index in [4.69, 9.17) is 4.74 Å². The summed E-state index contributed by atoms with van der Waals surface area (Å²) in [7, 11) is 2.59. The van der Waals surface area contributed by atoms with Gasteiger partial charge in [-0.25, -0.2) is 0 Å². The molecule has 3 rings (SSSR count). The summed E-state index contributed by atoms with van der Waals surface area (Å²) in [6, 6.07) is 4.15. The molecule has 0 aliphatic carbocycles. The third kappa shape index (κ3) is 2.24. The molecule has 4 atom stereocenters. The monoisotopic (exact) mass is 333 g/mol. The van der Waals surface area contributed by atoms with Crippen molar-refractivity contribution in [2.24, 2.45) is 11.8 Å². The third-order valence-corrected chi connectivity index (χ3v) is 4.61. The Morgan fingerprint density at radius 3 is 2.33 bits per heavy atom. The fourth-order valence-electron chi connectivity index (χ4n) is 3.41. The molecule has 2 aliphatic rings. The number of likely N-dealkylation sites (tertiary alicyclic amines) is 1. The van der Waals surface area contributed by atoms with Crippen LogP contribution >= 0.6 is 0 Å². The van der Waals surface area contributed by atoms with E-state index >= 15 is 0 Å². The highest BCUT2D eigenvalue weighted by Crippen LogP contribution is 2.43. The van der Waals surface area contributed by atoms with Crippen LogP contribution in [0.2, 0.25) is 0 Å². The van der Waals surface area contributed by atoms with Crippen LogP contribution in [0.1, 0.15) is 11.6 Å². The van der Waals surface area contributed by atoms with Crippen molar-refractivity contribution in [3.05, 3.63) is 39.9 Å². The average Bonchev–Trinajstić information content (AvgIpc) is 3.08. The maximum atomic E-state index is 12.4. The van der Waals surface area contributed by atoms with Gasteiger partial charge in [-0.1, -0.05) is 12.1 Å². The van der Waals surface area contributed by atoms with Crippen molar-refractivity contribution in [3.8, 4) is 0 Å². The highest BCUT2D eigenvalue weighted by Gasteiger charge is 2.60. The minimum atomic E-state index is -0.929. The fraction of sp³-hybridized carbons (Fsp3) is 0.400. The molecule has 2 saturated heterocycles. The zero-order chi connectivity index (χ0) is 17.6. The molecule has 1 N–H and O–H groups in total. The van der Waals surface area contributed by atoms with Gasteiger partial charge >= 0.3 is 5.97 Å². The minimum absolute atomic E-state index is 0.0799. The predicted molar refractivity (Wildman–Crippen MR) is 79.5 cm³/mol. The Bertz CT molecular complexity index is 731. The number of nitrogens with one attached hydrogen (secondary N) is 1. The van der Waals surface area contributed by atoms with E-state index in [0.29, 0.717) is 5.56 Å². The van der Waals surface area contributed by atoms with Crippen molar-refractivity contribution in [2.75, 3.05) is 14.2 Å². The number of hydrogen-bond donors (Lipinski definition) is 1. The first-order chi connectivity index (χ1) is 11.4. The van der Waals surface area contributed by atoms with E-state index in [1.165, 1.54) is 38.4 Å². The van der Waals surface area contributed by atoms with Crippen molar-refractivity contribution in [1.82, 2.24) is 10.2 Å². The topological polar surface area (TPSA) is 119 Å². The molecule has 0 aromatic heterocycles. The number of rotatable bonds is 3. The Labute approximate surface area is 136 Å². The lowest BCUT2D eigenvalue weighted by atomic mass is 9.86. The summed E-state index contributed by atoms with van der Waals surface area (Å²) < 4.78 is 4.72. The van der Waals surface area contributed by atoms with E-state index in [1.54, 1.807) is 0 Å². The van der Waals surface area contributed by atoms with Crippen molar-refractivity contribution in [3.63, 3.8) is 0 Å². The molecule has 9 heteroatoms. The van der Waals surface area contributed by atoms with Gasteiger partial charge in [0.25, 0.3) is 5.69 Å². The lowest BCUT2D eigenvalue weighted by Crippen LogP contribution is -2.42. The van der Waals surface area contributed by atoms with Crippen molar-refractivity contribution in [2.45, 2.75) is 12.1 Å². The van der Waals surface area contributed by atoms with Gasteiger partial charge in [-0.05, 0) is 5.56 Å². The first-order valence-electron chi connectivity index (χ1n) is 7.26. The van der Waals surface area contributed by atoms with Gasteiger partial charge in [-0.3, -0.25) is 34.7 Å². The zero-order valence-corrected chi connectivity index (χ0v) is 13.0. The number of imide groups is 1. The predicted octanol–water partition coefficient (Wildman–Crippen LogP) is 0.0117. The average molecular weight is 333 g/mol. The van der Waals surface area contributed by atoms with E-state index in [0.717, 1.165) is 4.90 Å². The molecule has 2 amide bonds. The van der Waals surface area contributed by atoms with E-state index in [2.05, 4.69) is 5.32 Å². The summed E-state index contributed by atoms with van der Waals surface area (Å²) in [4.78, 5) is 48.0. The molecule has 4 unspecified atom stereocenters. The number of nitrogens with zero attached hydrogens (tertiary/aromatic N) is 2. The number of hydrogen-bond acceptors (Lipinski definition) is 7. The largest absolute Gasteiger partial charge is 0.468 e. The quantitative estimate of drug-likeness (QED) is 0.358. The maximum absolute atomic E-state index is 12.4. The second-order valence-corrected chi connectivity index (χ2v) is 5.78. The molecule has 0 spiro atoms. The van der Waals surface area contributed by atoms with Crippen molar-refractivity contribution < 1.29 is 24.0 Å². The summed E-state index contributed by atoms with van der Waals surface area (Å²) in [5.41, 5.74) is 0.516. The normalized spacial score (nSPS) is 28.8. The first-order valence-corrected chi connectivity index (χ1v) is 7.26. The van der Waals surface area contributed by atoms with E-state index in [1.807, 2.05) is 0 Å². The van der Waals surface area contributed by atoms with Crippen LogP contribution in [0.15, 0.2) is 24.3 Å². The van der Waals surface area contributed by atoms with Crippen LogP contribution in [0.4, 0.5) is 5.69 Å². The minimum Gasteiger partial charge on any atom is -0.468 e. The highest BCUT2D eigenvalue weighted by atomic mass is 16.6. The van der Waals surface area contributed by atoms with Gasteiger partial charge in [0.05, 0.1) is 23.9 Å². The number of nitro groups is 1. The number of nitro benzene ring substituents is 1. The molecular formula is C15H15N3O6. The fourth-order valence-corrected chi connectivity index (χ4v) is 3.41. The molecule has 0 saturated carbocycles. The number of methoxy groups -OCH3 is 1. The number of fused-ring (bicyclic) bond motifs is 1. The summed E-state index contributed by atoms with van der Waals surface area (Å²) in [6.45, 7) is 0. The summed E-state index contributed by atoms with van der Waals surface area (Å²) in [5.74, 6) is -3.02. The number of benzene rings is 1. The van der Waals surface area contributed by atoms with Crippen LogP contribution in [0.25, 0.3) is 0 Å². The number of non-ortho nitro benzene ring substituents is 1. The Kier molecular flexibility index (Phi) is 3.80. The molecule has 0 radical (unpaired) electrons. The molecule has 1 aromatic carbocycles. The number of carbonyl (C=O) groups excluding carboxylic acids is 3. The standard InChI is InChI=1S/C15H15N3O6/c1-17-13(19)9-10(14(17)20)12(15(21)24-2)16-11(9)7-3-5-8(6-4-7)18(22)23/h3-6,9-12,16H,1-2H3. The van der Waals surface area contributed by atoms with Crippen LogP contribution in [0.3, 0.4) is 0 Å². The third-order valence-electron chi connectivity index (χ3n) is 4.61. The second-order valence-electron chi connectivity index (χ2n) is 5.78. The Morgan fingerprint density at radius 1 is 1.21 bits per heavy atom. The molecule has 2 heterocycles. The SMILES string of the molecule is COC(=O)C1NC(c2ccc([N+](=O)[O-])cc2)C2C(=O)N(C)C(=O)C12. The lowest BCUT2D eigenvalue weighted by molar-refractivity contribution is -0.384. The zero-order valence-electron chi connectivity index (χ0n) is 13.0. The smallest absolute Gasteiger partial charge is 0.323 e. The summed E-state index contributed by atoms with van der Waals surface area (Å²) >= 11 is 0. The van der Waals surface area contributed by atoms with Crippen LogP contribution in [-0.4, -0.2) is 47.8 Å². The number of amides is 2. The lowest BCUT2D eigenvalue weighted by Gasteiger charge is -2.19.